The average Bonchev–Trinajstić information content (AvgIpc) is 2.99. The first kappa shape index (κ1) is 10.9. The number of hydrogen-bond acceptors (Lipinski definition) is 5. The first-order valence-electron chi connectivity index (χ1n) is 5.40. The van der Waals surface area contributed by atoms with Crippen LogP contribution in [0.2, 0.25) is 0 Å². The second-order valence-electron chi connectivity index (χ2n) is 3.87. The second-order valence-corrected chi connectivity index (χ2v) is 4.85. The lowest BCUT2D eigenvalue weighted by molar-refractivity contribution is 0.825. The smallest absolute Gasteiger partial charge is 0.216 e. The molecular weight excluding hydrogens is 246 g/mol. The first-order valence-corrected chi connectivity index (χ1v) is 6.28. The van der Waals surface area contributed by atoms with Crippen molar-refractivity contribution in [2.24, 2.45) is 0 Å². The van der Waals surface area contributed by atoms with Crippen LogP contribution in [0.4, 0.5) is 0 Å². The van der Waals surface area contributed by atoms with Crippen LogP contribution in [0.1, 0.15) is 22.2 Å². The molecule has 6 heteroatoms. The molecule has 0 radical (unpaired) electrons. The minimum Gasteiger partial charge on any atom is -0.216 e. The Labute approximate surface area is 107 Å². The molecule has 3 aromatic rings. The van der Waals surface area contributed by atoms with Crippen LogP contribution in [0.3, 0.4) is 0 Å². The maximum absolute atomic E-state index is 9.41. The number of rotatable bonds is 2. The van der Waals surface area contributed by atoms with E-state index in [1.54, 1.807) is 15.9 Å². The molecule has 0 aliphatic carbocycles. The van der Waals surface area contributed by atoms with Gasteiger partial charge in [0.25, 0.3) is 5.78 Å². The van der Waals surface area contributed by atoms with Gasteiger partial charge in [0.15, 0.2) is 0 Å². The van der Waals surface area contributed by atoms with Crippen LogP contribution >= 0.6 is 11.3 Å². The Hall–Kier alpha value is -2.26. The third kappa shape index (κ3) is 1.65. The molecular formula is C12H9N5S. The Kier molecular flexibility index (Phi) is 2.54. The number of hydrogen-bond donors (Lipinski definition) is 0. The van der Waals surface area contributed by atoms with Crippen LogP contribution in [0.25, 0.3) is 5.78 Å². The zero-order chi connectivity index (χ0) is 12.5. The van der Waals surface area contributed by atoms with E-state index >= 15 is 0 Å². The van der Waals surface area contributed by atoms with Gasteiger partial charge >= 0.3 is 0 Å². The van der Waals surface area contributed by atoms with Crippen molar-refractivity contribution in [2.45, 2.75) is 12.8 Å². The topological polar surface area (TPSA) is 66.9 Å². The summed E-state index contributed by atoms with van der Waals surface area (Å²) in [5, 5.41) is 15.5. The van der Waals surface area contributed by atoms with Gasteiger partial charge in [-0.25, -0.2) is 4.98 Å². The lowest BCUT2D eigenvalue weighted by atomic mass is 10.0. The highest BCUT2D eigenvalue weighted by Gasteiger charge is 2.19. The fourth-order valence-corrected chi connectivity index (χ4v) is 2.68. The summed E-state index contributed by atoms with van der Waals surface area (Å²) in [6, 6.07) is 8.10. The number of aromatic nitrogens is 4. The number of fused-ring (bicyclic) bond motifs is 1. The monoisotopic (exact) mass is 255 g/mol. The summed E-state index contributed by atoms with van der Waals surface area (Å²) in [6.07, 6.45) is 1.45. The third-order valence-electron chi connectivity index (χ3n) is 2.66. The van der Waals surface area contributed by atoms with Crippen LogP contribution < -0.4 is 0 Å². The molecule has 0 N–H and O–H groups in total. The second kappa shape index (κ2) is 4.20. The van der Waals surface area contributed by atoms with E-state index in [2.05, 4.69) is 21.1 Å². The van der Waals surface area contributed by atoms with E-state index in [-0.39, 0.29) is 5.92 Å². The number of nitriles is 1. The van der Waals surface area contributed by atoms with Crippen LogP contribution in [0.5, 0.6) is 0 Å². The zero-order valence-electron chi connectivity index (χ0n) is 9.61. The summed E-state index contributed by atoms with van der Waals surface area (Å²) in [5.74, 6) is 0.192. The van der Waals surface area contributed by atoms with Crippen molar-refractivity contribution in [1.82, 2.24) is 19.6 Å². The van der Waals surface area contributed by atoms with Gasteiger partial charge in [-0.2, -0.15) is 19.9 Å². The zero-order valence-corrected chi connectivity index (χ0v) is 10.4. The molecule has 0 aliphatic rings. The minimum absolute atomic E-state index is 0.337. The molecule has 0 unspecified atom stereocenters. The van der Waals surface area contributed by atoms with Crippen molar-refractivity contribution in [1.29, 1.82) is 5.26 Å². The number of thiophene rings is 1. The Morgan fingerprint density at radius 1 is 1.50 bits per heavy atom. The molecule has 5 nitrogen and oxygen atoms in total. The highest BCUT2D eigenvalue weighted by molar-refractivity contribution is 7.10. The standard InChI is InChI=1S/C12H9N5S/c1-8-5-10(17-12(16-8)14-7-15-17)9(6-13)11-3-2-4-18-11/h2-5,7,9H,1H3/t9-/m1/s1. The highest BCUT2D eigenvalue weighted by atomic mass is 32.1. The van der Waals surface area contributed by atoms with Gasteiger partial charge in [0, 0.05) is 10.6 Å². The summed E-state index contributed by atoms with van der Waals surface area (Å²) in [4.78, 5) is 9.35. The molecule has 0 amide bonds. The maximum atomic E-state index is 9.41. The highest BCUT2D eigenvalue weighted by Crippen LogP contribution is 2.27. The molecule has 0 aromatic carbocycles. The van der Waals surface area contributed by atoms with E-state index in [0.29, 0.717) is 5.78 Å². The van der Waals surface area contributed by atoms with Crippen molar-refractivity contribution in [2.75, 3.05) is 0 Å². The summed E-state index contributed by atoms with van der Waals surface area (Å²) in [5.41, 5.74) is 1.64. The molecule has 0 bridgehead atoms. The van der Waals surface area contributed by atoms with Crippen LogP contribution in [0.15, 0.2) is 29.9 Å². The van der Waals surface area contributed by atoms with Crippen molar-refractivity contribution in [3.8, 4) is 6.07 Å². The molecule has 88 valence electrons. The van der Waals surface area contributed by atoms with E-state index in [1.165, 1.54) is 6.33 Å². The lowest BCUT2D eigenvalue weighted by Crippen LogP contribution is -2.07. The molecule has 3 aromatic heterocycles. The van der Waals surface area contributed by atoms with E-state index < -0.39 is 0 Å². The fourth-order valence-electron chi connectivity index (χ4n) is 1.90. The van der Waals surface area contributed by atoms with Crippen molar-refractivity contribution >= 4 is 17.1 Å². The normalized spacial score (nSPS) is 12.4. The third-order valence-corrected chi connectivity index (χ3v) is 3.60. The number of nitrogens with zero attached hydrogens (tertiary/aromatic N) is 5. The van der Waals surface area contributed by atoms with Crippen molar-refractivity contribution in [3.63, 3.8) is 0 Å². The van der Waals surface area contributed by atoms with Gasteiger partial charge in [-0.3, -0.25) is 0 Å². The SMILES string of the molecule is Cc1cc([C@@H](C#N)c2cccs2)n2ncnc2n1. The largest absolute Gasteiger partial charge is 0.252 e. The first-order chi connectivity index (χ1) is 8.79. The van der Waals surface area contributed by atoms with E-state index in [1.807, 2.05) is 30.5 Å². The van der Waals surface area contributed by atoms with Gasteiger partial charge in [-0.05, 0) is 24.4 Å². The molecule has 0 fully saturated rings. The molecule has 18 heavy (non-hydrogen) atoms. The van der Waals surface area contributed by atoms with Crippen LogP contribution in [-0.4, -0.2) is 19.6 Å². The molecule has 3 heterocycles. The summed E-state index contributed by atoms with van der Waals surface area (Å²) in [6.45, 7) is 1.89. The maximum Gasteiger partial charge on any atom is 0.252 e. The van der Waals surface area contributed by atoms with E-state index in [0.717, 1.165) is 16.3 Å². The van der Waals surface area contributed by atoms with Crippen molar-refractivity contribution < 1.29 is 0 Å². The lowest BCUT2D eigenvalue weighted by Gasteiger charge is -2.09. The minimum atomic E-state index is -0.337. The predicted molar refractivity (Wildman–Crippen MR) is 67.3 cm³/mol. The Morgan fingerprint density at radius 2 is 2.39 bits per heavy atom. The van der Waals surface area contributed by atoms with E-state index in [4.69, 9.17) is 0 Å². The summed E-state index contributed by atoms with van der Waals surface area (Å²) < 4.78 is 1.63. The Morgan fingerprint density at radius 3 is 3.11 bits per heavy atom. The summed E-state index contributed by atoms with van der Waals surface area (Å²) >= 11 is 1.56. The molecule has 0 aliphatic heterocycles. The average molecular weight is 255 g/mol. The van der Waals surface area contributed by atoms with Crippen LogP contribution in [-0.2, 0) is 0 Å². The molecule has 0 saturated carbocycles. The number of aryl methyl sites for hydroxylation is 1. The molecule has 3 rings (SSSR count). The van der Waals surface area contributed by atoms with Gasteiger partial charge in [-0.1, -0.05) is 6.07 Å². The van der Waals surface area contributed by atoms with Gasteiger partial charge < -0.3 is 0 Å². The van der Waals surface area contributed by atoms with Gasteiger partial charge in [0.2, 0.25) is 0 Å². The Bertz CT molecular complexity index is 723. The van der Waals surface area contributed by atoms with Gasteiger partial charge in [0.05, 0.1) is 11.8 Å². The van der Waals surface area contributed by atoms with Crippen LogP contribution in [0, 0.1) is 18.3 Å². The molecule has 0 spiro atoms. The molecule has 1 atom stereocenters. The van der Waals surface area contributed by atoms with E-state index in [9.17, 15) is 5.26 Å². The van der Waals surface area contributed by atoms with Crippen molar-refractivity contribution in [3.05, 3.63) is 46.2 Å². The van der Waals surface area contributed by atoms with Gasteiger partial charge in [0.1, 0.15) is 12.2 Å². The van der Waals surface area contributed by atoms with Gasteiger partial charge in [-0.15, -0.1) is 11.3 Å². The fraction of sp³-hybridized carbons (Fsp3) is 0.167. The molecule has 0 saturated heterocycles. The quantitative estimate of drug-likeness (QED) is 0.703. The predicted octanol–water partition coefficient (Wildman–Crippen LogP) is 2.15. The Balaban J connectivity index is 2.24. The summed E-state index contributed by atoms with van der Waals surface area (Å²) in [7, 11) is 0.